The van der Waals surface area contributed by atoms with E-state index in [1.165, 1.54) is 30.3 Å². The lowest BCUT2D eigenvalue weighted by molar-refractivity contribution is -0.122. The van der Waals surface area contributed by atoms with Crippen LogP contribution in [0.2, 0.25) is 0 Å². The average molecular weight is 428 g/mol. The molecule has 7 nitrogen and oxygen atoms in total. The number of rotatable bonds is 5. The first kappa shape index (κ1) is 20.9. The van der Waals surface area contributed by atoms with E-state index in [0.717, 1.165) is 16.0 Å². The predicted molar refractivity (Wildman–Crippen MR) is 119 cm³/mol. The topological polar surface area (TPSA) is 95.9 Å². The smallest absolute Gasteiger partial charge is 0.335 e. The Balaban J connectivity index is 1.63. The number of nitrogens with one attached hydrogen (secondary N) is 1. The molecule has 0 radical (unpaired) electrons. The van der Waals surface area contributed by atoms with Gasteiger partial charge >= 0.3 is 6.03 Å². The molecule has 32 heavy (non-hydrogen) atoms. The number of para-hydroxylation sites is 1. The second-order valence-electron chi connectivity index (χ2n) is 7.29. The fourth-order valence-electron chi connectivity index (χ4n) is 3.34. The second-order valence-corrected chi connectivity index (χ2v) is 7.29. The van der Waals surface area contributed by atoms with Crippen molar-refractivity contribution in [2.75, 3.05) is 4.90 Å². The average Bonchev–Trinajstić information content (AvgIpc) is 2.77. The van der Waals surface area contributed by atoms with Crippen molar-refractivity contribution in [3.05, 3.63) is 95.1 Å². The molecule has 7 heteroatoms. The molecule has 0 saturated carbocycles. The van der Waals surface area contributed by atoms with Gasteiger partial charge in [0, 0.05) is 5.56 Å². The molecule has 3 aromatic carbocycles. The Labute approximate surface area is 184 Å². The molecule has 3 aromatic rings. The molecule has 0 unspecified atom stereocenters. The van der Waals surface area contributed by atoms with E-state index in [9.17, 15) is 19.5 Å². The van der Waals surface area contributed by atoms with Gasteiger partial charge in [0.15, 0.2) is 0 Å². The molecule has 0 bridgehead atoms. The predicted octanol–water partition coefficient (Wildman–Crippen LogP) is 3.95. The lowest BCUT2D eigenvalue weighted by atomic mass is 10.1. The Bertz CT molecular complexity index is 1230. The first-order valence-electron chi connectivity index (χ1n) is 9.90. The van der Waals surface area contributed by atoms with Crippen LogP contribution < -0.4 is 15.0 Å². The monoisotopic (exact) mass is 428 g/mol. The third-order valence-corrected chi connectivity index (χ3v) is 4.91. The van der Waals surface area contributed by atoms with Crippen molar-refractivity contribution < 1.29 is 24.2 Å². The van der Waals surface area contributed by atoms with Crippen molar-refractivity contribution in [1.29, 1.82) is 0 Å². The number of hydrogen-bond donors (Lipinski definition) is 2. The van der Waals surface area contributed by atoms with Crippen LogP contribution in [0.4, 0.5) is 10.5 Å². The summed E-state index contributed by atoms with van der Waals surface area (Å²) in [6.07, 6.45) is 1.41. The van der Waals surface area contributed by atoms with Gasteiger partial charge in [-0.15, -0.1) is 0 Å². The molecule has 0 aliphatic carbocycles. The lowest BCUT2D eigenvalue weighted by Crippen LogP contribution is -2.54. The summed E-state index contributed by atoms with van der Waals surface area (Å²) in [5, 5.41) is 11.7. The number of benzene rings is 3. The van der Waals surface area contributed by atoms with Crippen LogP contribution in [0, 0.1) is 6.92 Å². The number of carbonyl (C=O) groups is 3. The van der Waals surface area contributed by atoms with Crippen LogP contribution in [0.1, 0.15) is 16.7 Å². The number of ether oxygens (including phenoxy) is 1. The van der Waals surface area contributed by atoms with Crippen LogP contribution in [0.3, 0.4) is 0 Å². The van der Waals surface area contributed by atoms with Gasteiger partial charge in [0.2, 0.25) is 0 Å². The summed E-state index contributed by atoms with van der Waals surface area (Å²) >= 11 is 0. The minimum atomic E-state index is -0.855. The zero-order valence-electron chi connectivity index (χ0n) is 17.2. The fraction of sp³-hybridized carbons (Fsp3) is 0.0800. The maximum Gasteiger partial charge on any atom is 0.335 e. The highest BCUT2D eigenvalue weighted by Gasteiger charge is 2.36. The van der Waals surface area contributed by atoms with Crippen LogP contribution >= 0.6 is 0 Å². The molecule has 4 rings (SSSR count). The molecule has 1 saturated heterocycles. The van der Waals surface area contributed by atoms with Gasteiger partial charge in [-0.1, -0.05) is 48.0 Å². The van der Waals surface area contributed by atoms with Crippen molar-refractivity contribution in [2.24, 2.45) is 0 Å². The number of amides is 4. The number of anilines is 1. The number of aryl methyl sites for hydroxylation is 1. The van der Waals surface area contributed by atoms with E-state index >= 15 is 0 Å². The summed E-state index contributed by atoms with van der Waals surface area (Å²) < 4.78 is 5.94. The zero-order valence-corrected chi connectivity index (χ0v) is 17.2. The first-order valence-corrected chi connectivity index (χ1v) is 9.90. The maximum absolute atomic E-state index is 13.0. The number of nitrogens with zero attached hydrogens (tertiary/aromatic N) is 1. The highest BCUT2D eigenvalue weighted by atomic mass is 16.5. The van der Waals surface area contributed by atoms with Gasteiger partial charge in [-0.2, -0.15) is 0 Å². The van der Waals surface area contributed by atoms with Gasteiger partial charge in [0.1, 0.15) is 23.7 Å². The highest BCUT2D eigenvalue weighted by molar-refractivity contribution is 6.39. The highest BCUT2D eigenvalue weighted by Crippen LogP contribution is 2.27. The van der Waals surface area contributed by atoms with E-state index in [-0.39, 0.29) is 17.0 Å². The maximum atomic E-state index is 13.0. The van der Waals surface area contributed by atoms with Crippen molar-refractivity contribution in [3.8, 4) is 11.5 Å². The molecule has 4 amide bonds. The van der Waals surface area contributed by atoms with Crippen molar-refractivity contribution in [1.82, 2.24) is 5.32 Å². The second kappa shape index (κ2) is 8.77. The van der Waals surface area contributed by atoms with E-state index in [1.807, 2.05) is 31.2 Å². The Hall–Kier alpha value is -4.39. The number of aromatic hydroxyl groups is 1. The zero-order chi connectivity index (χ0) is 22.7. The molecular formula is C25H20N2O5. The van der Waals surface area contributed by atoms with Crippen LogP contribution in [-0.2, 0) is 16.2 Å². The van der Waals surface area contributed by atoms with E-state index < -0.39 is 17.8 Å². The molecule has 1 fully saturated rings. The Morgan fingerprint density at radius 3 is 2.47 bits per heavy atom. The summed E-state index contributed by atoms with van der Waals surface area (Å²) in [5.74, 6) is -1.07. The van der Waals surface area contributed by atoms with E-state index in [1.54, 1.807) is 24.3 Å². The quantitative estimate of drug-likeness (QED) is 0.474. The number of phenols is 1. The molecule has 160 valence electrons. The molecule has 1 heterocycles. The Kier molecular flexibility index (Phi) is 5.72. The van der Waals surface area contributed by atoms with Gasteiger partial charge in [-0.25, -0.2) is 9.69 Å². The number of hydrogen-bond acceptors (Lipinski definition) is 5. The van der Waals surface area contributed by atoms with Crippen molar-refractivity contribution in [3.63, 3.8) is 0 Å². The largest absolute Gasteiger partial charge is 0.508 e. The molecule has 1 aliphatic rings. The summed E-state index contributed by atoms with van der Waals surface area (Å²) in [5.41, 5.74) is 2.66. The van der Waals surface area contributed by atoms with E-state index in [0.29, 0.717) is 17.9 Å². The van der Waals surface area contributed by atoms with Gasteiger partial charge in [-0.3, -0.25) is 14.9 Å². The Morgan fingerprint density at radius 1 is 0.969 bits per heavy atom. The fourth-order valence-corrected chi connectivity index (χ4v) is 3.34. The summed E-state index contributed by atoms with van der Waals surface area (Å²) in [6.45, 7) is 2.32. The third kappa shape index (κ3) is 4.37. The summed E-state index contributed by atoms with van der Waals surface area (Å²) in [7, 11) is 0. The van der Waals surface area contributed by atoms with Crippen LogP contribution in [0.15, 0.2) is 78.4 Å². The molecule has 0 spiro atoms. The molecule has 0 aromatic heterocycles. The van der Waals surface area contributed by atoms with E-state index in [4.69, 9.17) is 4.74 Å². The van der Waals surface area contributed by atoms with Gasteiger partial charge in [0.05, 0.1) is 5.69 Å². The molecular weight excluding hydrogens is 408 g/mol. The van der Waals surface area contributed by atoms with Crippen LogP contribution in [0.5, 0.6) is 11.5 Å². The number of imide groups is 2. The molecule has 2 N–H and O–H groups in total. The SMILES string of the molecule is Cc1cccc(COc2ccccc2/C=C2\C(=O)NC(=O)N(c3ccc(O)cc3)C2=O)c1. The normalized spacial score (nSPS) is 15.1. The summed E-state index contributed by atoms with van der Waals surface area (Å²) in [4.78, 5) is 38.6. The molecule has 0 atom stereocenters. The summed E-state index contributed by atoms with van der Waals surface area (Å²) in [6, 6.07) is 19.6. The first-order chi connectivity index (χ1) is 15.4. The van der Waals surface area contributed by atoms with Gasteiger partial charge in [0.25, 0.3) is 11.8 Å². The number of phenolic OH excluding ortho intramolecular Hbond substituents is 1. The lowest BCUT2D eigenvalue weighted by Gasteiger charge is -2.26. The minimum Gasteiger partial charge on any atom is -0.508 e. The van der Waals surface area contributed by atoms with Gasteiger partial charge < -0.3 is 9.84 Å². The minimum absolute atomic E-state index is 0.00913. The molecule has 1 aliphatic heterocycles. The Morgan fingerprint density at radius 2 is 1.72 bits per heavy atom. The number of carbonyl (C=O) groups excluding carboxylic acids is 3. The number of barbiturate groups is 1. The van der Waals surface area contributed by atoms with Gasteiger partial charge in [-0.05, 0) is 48.9 Å². The van der Waals surface area contributed by atoms with Crippen molar-refractivity contribution in [2.45, 2.75) is 13.5 Å². The third-order valence-electron chi connectivity index (χ3n) is 4.91. The van der Waals surface area contributed by atoms with Crippen molar-refractivity contribution >= 4 is 29.6 Å². The standard InChI is InChI=1S/C25H20N2O5/c1-16-5-4-6-17(13-16)15-32-22-8-3-2-7-18(22)14-21-23(29)26-25(31)27(24(21)30)19-9-11-20(28)12-10-19/h2-14,28H,15H2,1H3,(H,26,29,31)/b21-14+. The number of urea groups is 1. The van der Waals surface area contributed by atoms with Crippen LogP contribution in [0.25, 0.3) is 6.08 Å². The van der Waals surface area contributed by atoms with E-state index in [2.05, 4.69) is 5.32 Å². The van der Waals surface area contributed by atoms with Crippen LogP contribution in [-0.4, -0.2) is 23.0 Å².